The second-order valence-electron chi connectivity index (χ2n) is 11.8. The highest BCUT2D eigenvalue weighted by atomic mass is 19.4. The summed E-state index contributed by atoms with van der Waals surface area (Å²) in [5.41, 5.74) is 0.957. The van der Waals surface area contributed by atoms with Crippen LogP contribution in [-0.4, -0.2) is 83.1 Å². The fraction of sp³-hybridized carbons (Fsp3) is 0.548. The molecule has 1 saturated carbocycles. The smallest absolute Gasteiger partial charge is 0.418 e. The predicted molar refractivity (Wildman–Crippen MR) is 155 cm³/mol. The Morgan fingerprint density at radius 2 is 1.88 bits per heavy atom. The predicted octanol–water partition coefficient (Wildman–Crippen LogP) is 4.18. The molecule has 1 aromatic carbocycles. The quantitative estimate of drug-likeness (QED) is 0.420. The number of carbonyl (C=O) groups excluding carboxylic acids is 1. The molecule has 6 rings (SSSR count). The van der Waals surface area contributed by atoms with Crippen LogP contribution in [0, 0.1) is 11.3 Å². The van der Waals surface area contributed by atoms with E-state index in [1.165, 1.54) is 31.1 Å². The van der Waals surface area contributed by atoms with Gasteiger partial charge < -0.3 is 19.4 Å². The highest BCUT2D eigenvalue weighted by Crippen LogP contribution is 2.44. The SMILES string of the molecule is C=CC(=O)N1CCN(c2nc(OCC3(N4CCCC4)CC3)nc3c2CCN(c2ccccc2C(F)(F)F)C3)C[C@@H]1CC#N. The maximum Gasteiger partial charge on any atom is 0.418 e. The first-order chi connectivity index (χ1) is 20.7. The lowest BCUT2D eigenvalue weighted by Crippen LogP contribution is -2.55. The number of nitriles is 1. The van der Waals surface area contributed by atoms with Gasteiger partial charge in [0.15, 0.2) is 0 Å². The fourth-order valence-electron chi connectivity index (χ4n) is 6.73. The van der Waals surface area contributed by atoms with Gasteiger partial charge in [-0.3, -0.25) is 9.69 Å². The van der Waals surface area contributed by atoms with Crippen molar-refractivity contribution >= 4 is 17.4 Å². The summed E-state index contributed by atoms with van der Waals surface area (Å²) < 4.78 is 48.0. The van der Waals surface area contributed by atoms with E-state index in [2.05, 4.69) is 22.4 Å². The van der Waals surface area contributed by atoms with Gasteiger partial charge in [0.25, 0.3) is 0 Å². The third kappa shape index (κ3) is 5.87. The van der Waals surface area contributed by atoms with E-state index in [1.807, 2.05) is 0 Å². The molecule has 43 heavy (non-hydrogen) atoms. The van der Waals surface area contributed by atoms with Gasteiger partial charge in [0.1, 0.15) is 12.4 Å². The van der Waals surface area contributed by atoms with Crippen LogP contribution in [0.15, 0.2) is 36.9 Å². The van der Waals surface area contributed by atoms with Crippen molar-refractivity contribution < 1.29 is 22.7 Å². The molecular formula is C31H36F3N7O2. The molecule has 2 saturated heterocycles. The van der Waals surface area contributed by atoms with Crippen molar-refractivity contribution in [1.82, 2.24) is 19.8 Å². The van der Waals surface area contributed by atoms with Crippen molar-refractivity contribution in [2.24, 2.45) is 0 Å². The highest BCUT2D eigenvalue weighted by molar-refractivity contribution is 5.87. The summed E-state index contributed by atoms with van der Waals surface area (Å²) >= 11 is 0. The van der Waals surface area contributed by atoms with E-state index in [-0.39, 0.29) is 42.2 Å². The largest absolute Gasteiger partial charge is 0.461 e. The lowest BCUT2D eigenvalue weighted by atomic mass is 10.0. The number of piperazine rings is 1. The molecule has 0 unspecified atom stereocenters. The number of anilines is 2. The Bertz CT molecular complexity index is 1420. The van der Waals surface area contributed by atoms with Crippen LogP contribution in [0.2, 0.25) is 0 Å². The van der Waals surface area contributed by atoms with Gasteiger partial charge in [0, 0.05) is 37.4 Å². The minimum atomic E-state index is -4.48. The van der Waals surface area contributed by atoms with Gasteiger partial charge >= 0.3 is 12.2 Å². The highest BCUT2D eigenvalue weighted by Gasteiger charge is 2.49. The molecule has 0 spiro atoms. The summed E-state index contributed by atoms with van der Waals surface area (Å²) in [4.78, 5) is 30.1. The Balaban J connectivity index is 1.32. The number of amides is 1. The van der Waals surface area contributed by atoms with Crippen LogP contribution in [0.1, 0.15) is 48.9 Å². The second-order valence-corrected chi connectivity index (χ2v) is 11.8. The first kappa shape index (κ1) is 29.2. The molecule has 1 aliphatic carbocycles. The van der Waals surface area contributed by atoms with Crippen LogP contribution in [0.5, 0.6) is 6.01 Å². The van der Waals surface area contributed by atoms with E-state index in [4.69, 9.17) is 14.7 Å². The summed E-state index contributed by atoms with van der Waals surface area (Å²) in [5, 5.41) is 9.48. The third-order valence-corrected chi connectivity index (χ3v) is 9.21. The summed E-state index contributed by atoms with van der Waals surface area (Å²) in [5.74, 6) is 0.452. The number of likely N-dealkylation sites (tertiary alicyclic amines) is 1. The normalized spacial score (nSPS) is 21.7. The average molecular weight is 596 g/mol. The number of alkyl halides is 3. The van der Waals surface area contributed by atoms with E-state index >= 15 is 0 Å². The number of hydrogen-bond donors (Lipinski definition) is 0. The van der Waals surface area contributed by atoms with Gasteiger partial charge in [-0.1, -0.05) is 18.7 Å². The van der Waals surface area contributed by atoms with Crippen molar-refractivity contribution in [2.75, 3.05) is 55.7 Å². The lowest BCUT2D eigenvalue weighted by molar-refractivity contribution is -0.137. The minimum absolute atomic E-state index is 0.00216. The molecular weight excluding hydrogens is 559 g/mol. The summed E-state index contributed by atoms with van der Waals surface area (Å²) in [6.45, 7) is 8.01. The number of aromatic nitrogens is 2. The van der Waals surface area contributed by atoms with Crippen LogP contribution < -0.4 is 14.5 Å². The van der Waals surface area contributed by atoms with Crippen LogP contribution >= 0.6 is 0 Å². The molecule has 1 atom stereocenters. The maximum absolute atomic E-state index is 13.9. The van der Waals surface area contributed by atoms with E-state index in [0.29, 0.717) is 50.7 Å². The van der Waals surface area contributed by atoms with Gasteiger partial charge in [-0.15, -0.1) is 0 Å². The number of rotatable bonds is 8. The summed E-state index contributed by atoms with van der Waals surface area (Å²) in [7, 11) is 0. The van der Waals surface area contributed by atoms with Gasteiger partial charge in [-0.2, -0.15) is 28.4 Å². The van der Waals surface area contributed by atoms with Crippen molar-refractivity contribution in [3.8, 4) is 12.1 Å². The van der Waals surface area contributed by atoms with E-state index in [0.717, 1.165) is 37.6 Å². The van der Waals surface area contributed by atoms with E-state index < -0.39 is 11.7 Å². The topological polar surface area (TPSA) is 88.8 Å². The van der Waals surface area contributed by atoms with Gasteiger partial charge in [0.2, 0.25) is 5.91 Å². The van der Waals surface area contributed by atoms with Crippen molar-refractivity contribution in [1.29, 1.82) is 5.26 Å². The number of halogens is 3. The van der Waals surface area contributed by atoms with Crippen LogP contribution in [0.25, 0.3) is 0 Å². The number of hydrogen-bond acceptors (Lipinski definition) is 8. The first-order valence-electron chi connectivity index (χ1n) is 15.0. The molecule has 9 nitrogen and oxygen atoms in total. The van der Waals surface area contributed by atoms with Crippen LogP contribution in [0.3, 0.4) is 0 Å². The molecule has 228 valence electrons. The molecule has 0 radical (unpaired) electrons. The zero-order chi connectivity index (χ0) is 30.2. The number of benzene rings is 1. The molecule has 3 aliphatic heterocycles. The Morgan fingerprint density at radius 1 is 1.12 bits per heavy atom. The van der Waals surface area contributed by atoms with Gasteiger partial charge in [-0.05, 0) is 63.4 Å². The lowest BCUT2D eigenvalue weighted by Gasteiger charge is -2.42. The van der Waals surface area contributed by atoms with Crippen LogP contribution in [-0.2, 0) is 23.9 Å². The number of nitrogens with zero attached hydrogens (tertiary/aromatic N) is 7. The number of carbonyl (C=O) groups is 1. The summed E-state index contributed by atoms with van der Waals surface area (Å²) in [6.07, 6.45) is 1.87. The molecule has 4 aliphatic rings. The van der Waals surface area contributed by atoms with Crippen molar-refractivity contribution in [2.45, 2.75) is 62.8 Å². The molecule has 12 heteroatoms. The zero-order valence-electron chi connectivity index (χ0n) is 24.2. The van der Waals surface area contributed by atoms with Gasteiger partial charge in [-0.25, -0.2) is 0 Å². The van der Waals surface area contributed by atoms with E-state index in [9.17, 15) is 23.2 Å². The third-order valence-electron chi connectivity index (χ3n) is 9.21. The minimum Gasteiger partial charge on any atom is -0.461 e. The summed E-state index contributed by atoms with van der Waals surface area (Å²) in [6, 6.07) is 7.69. The molecule has 2 aromatic rings. The molecule has 0 bridgehead atoms. The number of fused-ring (bicyclic) bond motifs is 1. The molecule has 3 fully saturated rings. The Labute approximate surface area is 249 Å². The Hall–Kier alpha value is -3.85. The number of para-hydroxylation sites is 1. The molecule has 0 N–H and O–H groups in total. The van der Waals surface area contributed by atoms with Crippen molar-refractivity contribution in [3.63, 3.8) is 0 Å². The maximum atomic E-state index is 13.9. The standard InChI is InChI=1S/C31H36F3N7O2/c1-2-27(42)41-18-17-39(19-22(41)9-13-35)28-23-10-16-38(26-8-4-3-7-24(26)31(32,33)34)20-25(23)36-29(37-28)43-21-30(11-12-30)40-14-5-6-15-40/h2-4,7-8,22H,1,5-6,9-12,14-21H2/t22-/m0/s1. The Kier molecular flexibility index (Phi) is 7.94. The Morgan fingerprint density at radius 3 is 2.58 bits per heavy atom. The molecule has 4 heterocycles. The van der Waals surface area contributed by atoms with Crippen molar-refractivity contribution in [3.05, 3.63) is 53.7 Å². The van der Waals surface area contributed by atoms with E-state index in [1.54, 1.807) is 15.9 Å². The zero-order valence-corrected chi connectivity index (χ0v) is 24.2. The van der Waals surface area contributed by atoms with Crippen LogP contribution in [0.4, 0.5) is 24.7 Å². The van der Waals surface area contributed by atoms with Gasteiger partial charge in [0.05, 0.1) is 41.9 Å². The molecule has 1 amide bonds. The molecule has 1 aromatic heterocycles. The number of ether oxygens (including phenoxy) is 1. The second kappa shape index (κ2) is 11.7. The monoisotopic (exact) mass is 595 g/mol. The average Bonchev–Trinajstić information content (AvgIpc) is 3.59. The fourth-order valence-corrected chi connectivity index (χ4v) is 6.73. The first-order valence-corrected chi connectivity index (χ1v) is 15.0.